The predicted molar refractivity (Wildman–Crippen MR) is 202 cm³/mol. The molecule has 7 aromatic carbocycles. The highest BCUT2D eigenvalue weighted by atomic mass is 15.2. The summed E-state index contributed by atoms with van der Waals surface area (Å²) >= 11 is 0. The number of amidine groups is 2. The molecule has 3 nitrogen and oxygen atoms in total. The Morgan fingerprint density at radius 1 is 0.458 bits per heavy atom. The van der Waals surface area contributed by atoms with Gasteiger partial charge in [-0.1, -0.05) is 149 Å². The van der Waals surface area contributed by atoms with E-state index in [1.165, 1.54) is 54.6 Å². The van der Waals surface area contributed by atoms with Gasteiger partial charge in [-0.05, 0) is 89.2 Å². The zero-order chi connectivity index (χ0) is 32.6. The van der Waals surface area contributed by atoms with Crippen LogP contribution in [0.3, 0.4) is 0 Å². The smallest absolute Gasteiger partial charge is 0.169 e. The fraction of sp³-hybridized carbons (Fsp3) is 0.156. The van der Waals surface area contributed by atoms with E-state index in [4.69, 9.17) is 9.98 Å². The number of rotatable bonds is 3. The first kappa shape index (κ1) is 28.7. The Hall–Kier alpha value is -5.54. The Kier molecular flexibility index (Phi) is 6.26. The predicted octanol–water partition coefficient (Wildman–Crippen LogP) is 10.9. The van der Waals surface area contributed by atoms with E-state index < -0.39 is 0 Å². The van der Waals surface area contributed by atoms with Crippen molar-refractivity contribution in [2.75, 3.05) is 0 Å². The Morgan fingerprint density at radius 3 is 2.00 bits per heavy atom. The molecule has 48 heavy (non-hydrogen) atoms. The van der Waals surface area contributed by atoms with Crippen LogP contribution in [0.4, 0.5) is 0 Å². The fourth-order valence-electron chi connectivity index (χ4n) is 7.87. The molecule has 0 saturated heterocycles. The van der Waals surface area contributed by atoms with Gasteiger partial charge < -0.3 is 5.32 Å². The molecule has 0 fully saturated rings. The van der Waals surface area contributed by atoms with Crippen molar-refractivity contribution in [1.29, 1.82) is 0 Å². The van der Waals surface area contributed by atoms with Crippen LogP contribution in [0, 0.1) is 0 Å². The Labute approximate surface area is 281 Å². The Morgan fingerprint density at radius 2 is 1.15 bits per heavy atom. The molecule has 1 N–H and O–H groups in total. The molecule has 2 aliphatic rings. The van der Waals surface area contributed by atoms with E-state index in [1.54, 1.807) is 0 Å². The third-order valence-corrected chi connectivity index (χ3v) is 11.3. The summed E-state index contributed by atoms with van der Waals surface area (Å²) in [7, 11) is 0. The van der Waals surface area contributed by atoms with Crippen molar-refractivity contribution in [3.63, 3.8) is 0 Å². The van der Waals surface area contributed by atoms with Gasteiger partial charge in [0.2, 0.25) is 0 Å². The zero-order valence-corrected chi connectivity index (χ0v) is 27.8. The van der Waals surface area contributed by atoms with E-state index in [0.29, 0.717) is 0 Å². The monoisotopic (exact) mass is 619 g/mol. The van der Waals surface area contributed by atoms with Gasteiger partial charge in [0, 0.05) is 11.1 Å². The normalized spacial score (nSPS) is 17.7. The molecule has 0 radical (unpaired) electrons. The van der Waals surface area contributed by atoms with Crippen LogP contribution in [-0.4, -0.2) is 11.7 Å². The van der Waals surface area contributed by atoms with E-state index in [9.17, 15) is 0 Å². The molecule has 1 atom stereocenters. The molecule has 0 amide bonds. The van der Waals surface area contributed by atoms with Gasteiger partial charge in [0.15, 0.2) is 6.17 Å². The molecule has 1 aliphatic heterocycles. The number of benzene rings is 7. The second kappa shape index (κ2) is 10.5. The highest BCUT2D eigenvalue weighted by molar-refractivity contribution is 6.22. The van der Waals surface area contributed by atoms with Crippen LogP contribution in [0.25, 0.3) is 43.4 Å². The van der Waals surface area contributed by atoms with Crippen LogP contribution in [0.5, 0.6) is 0 Å². The minimum atomic E-state index is -0.352. The maximum Gasteiger partial charge on any atom is 0.169 e. The van der Waals surface area contributed by atoms with Crippen molar-refractivity contribution in [2.24, 2.45) is 9.98 Å². The summed E-state index contributed by atoms with van der Waals surface area (Å²) in [4.78, 5) is 10.4. The maximum absolute atomic E-state index is 5.25. The van der Waals surface area contributed by atoms with Gasteiger partial charge in [-0.3, -0.25) is 0 Å². The van der Waals surface area contributed by atoms with E-state index in [1.807, 2.05) is 6.07 Å². The Balaban J connectivity index is 1.22. The molecule has 1 aliphatic carbocycles. The minimum Gasteiger partial charge on any atom is -0.324 e. The summed E-state index contributed by atoms with van der Waals surface area (Å²) in [5, 5.41) is 11.0. The standard InChI is InChI=1S/C45H37N3/c1-44(2)39-20-11-10-17-35(39)38-26-31-23-24-34-33(37(31)27-40(38)45(44,3)4)18-12-19-36(34)43-47-41(29-14-6-5-7-15-29)46-42(48-43)32-22-21-28-13-8-9-16-30(28)25-32/h5-27,41H,1-4H3,(H,46,47,48). The van der Waals surface area contributed by atoms with Crippen molar-refractivity contribution in [1.82, 2.24) is 5.32 Å². The topological polar surface area (TPSA) is 36.8 Å². The lowest BCUT2D eigenvalue weighted by Gasteiger charge is -2.48. The lowest BCUT2D eigenvalue weighted by molar-refractivity contribution is 0.299. The van der Waals surface area contributed by atoms with Crippen LogP contribution < -0.4 is 5.32 Å². The van der Waals surface area contributed by atoms with E-state index in [2.05, 4.69) is 166 Å². The number of fused-ring (bicyclic) bond motifs is 7. The molecule has 0 aromatic heterocycles. The summed E-state index contributed by atoms with van der Waals surface area (Å²) in [6, 6.07) is 50.4. The SMILES string of the molecule is CC1(C)c2ccccc2-c2cc3ccc4c(C5=NC(c6ccccc6)N=C(c6ccc7ccccc7c6)N5)cccc4c3cc2C1(C)C. The van der Waals surface area contributed by atoms with Gasteiger partial charge in [0.25, 0.3) is 0 Å². The number of hydrogen-bond acceptors (Lipinski definition) is 3. The van der Waals surface area contributed by atoms with Crippen LogP contribution >= 0.6 is 0 Å². The number of aliphatic imine (C=N–C) groups is 2. The third kappa shape index (κ3) is 4.27. The lowest BCUT2D eigenvalue weighted by atomic mass is 9.55. The van der Waals surface area contributed by atoms with Crippen LogP contribution in [0.15, 0.2) is 150 Å². The fourth-order valence-corrected chi connectivity index (χ4v) is 7.87. The zero-order valence-electron chi connectivity index (χ0n) is 27.8. The summed E-state index contributed by atoms with van der Waals surface area (Å²) in [6.45, 7) is 9.60. The second-order valence-corrected chi connectivity index (χ2v) is 14.3. The average Bonchev–Trinajstić information content (AvgIpc) is 3.13. The highest BCUT2D eigenvalue weighted by Gasteiger charge is 2.45. The first-order valence-corrected chi connectivity index (χ1v) is 16.9. The van der Waals surface area contributed by atoms with Gasteiger partial charge in [-0.15, -0.1) is 0 Å². The molecule has 3 heteroatoms. The number of nitrogens with zero attached hydrogens (tertiary/aromatic N) is 2. The van der Waals surface area contributed by atoms with E-state index in [-0.39, 0.29) is 17.0 Å². The van der Waals surface area contributed by atoms with Crippen molar-refractivity contribution in [2.45, 2.75) is 44.7 Å². The van der Waals surface area contributed by atoms with E-state index >= 15 is 0 Å². The van der Waals surface area contributed by atoms with Gasteiger partial charge in [-0.25, -0.2) is 9.98 Å². The van der Waals surface area contributed by atoms with Crippen LogP contribution in [0.1, 0.15) is 61.7 Å². The largest absolute Gasteiger partial charge is 0.324 e. The molecule has 1 heterocycles. The van der Waals surface area contributed by atoms with Crippen molar-refractivity contribution < 1.29 is 0 Å². The molecule has 9 rings (SSSR count). The highest BCUT2D eigenvalue weighted by Crippen LogP contribution is 2.54. The molecule has 1 unspecified atom stereocenters. The molecule has 0 bridgehead atoms. The summed E-state index contributed by atoms with van der Waals surface area (Å²) in [5.74, 6) is 1.66. The molecule has 7 aromatic rings. The average molecular weight is 620 g/mol. The summed E-state index contributed by atoms with van der Waals surface area (Å²) < 4.78 is 0. The summed E-state index contributed by atoms with van der Waals surface area (Å²) in [5.41, 5.74) is 8.62. The minimum absolute atomic E-state index is 0.0221. The number of nitrogens with one attached hydrogen (secondary N) is 1. The van der Waals surface area contributed by atoms with Gasteiger partial charge in [0.05, 0.1) is 0 Å². The van der Waals surface area contributed by atoms with Crippen LogP contribution in [-0.2, 0) is 10.8 Å². The molecule has 232 valence electrons. The first-order valence-electron chi connectivity index (χ1n) is 16.9. The van der Waals surface area contributed by atoms with Gasteiger partial charge >= 0.3 is 0 Å². The summed E-state index contributed by atoms with van der Waals surface area (Å²) in [6.07, 6.45) is -0.352. The third-order valence-electron chi connectivity index (χ3n) is 11.3. The lowest BCUT2D eigenvalue weighted by Crippen LogP contribution is -2.43. The second-order valence-electron chi connectivity index (χ2n) is 14.3. The molecular weight excluding hydrogens is 583 g/mol. The van der Waals surface area contributed by atoms with Gasteiger partial charge in [0.1, 0.15) is 11.7 Å². The van der Waals surface area contributed by atoms with E-state index in [0.717, 1.165) is 28.4 Å². The number of hydrogen-bond donors (Lipinski definition) is 1. The molecule has 0 spiro atoms. The van der Waals surface area contributed by atoms with Crippen molar-refractivity contribution >= 4 is 44.0 Å². The van der Waals surface area contributed by atoms with Crippen LogP contribution in [0.2, 0.25) is 0 Å². The van der Waals surface area contributed by atoms with Gasteiger partial charge in [-0.2, -0.15) is 0 Å². The first-order chi connectivity index (χ1) is 23.3. The van der Waals surface area contributed by atoms with Crippen molar-refractivity contribution in [3.8, 4) is 11.1 Å². The quantitative estimate of drug-likeness (QED) is 0.196. The van der Waals surface area contributed by atoms with Crippen molar-refractivity contribution in [3.05, 3.63) is 167 Å². The maximum atomic E-state index is 5.25. The molecule has 0 saturated carbocycles. The Bertz CT molecular complexity index is 2480. The molecular formula is C45H37N3.